The molecule has 0 N–H and O–H groups in total. The second-order valence-electron chi connectivity index (χ2n) is 3.72. The van der Waals surface area contributed by atoms with Crippen molar-refractivity contribution in [3.63, 3.8) is 0 Å². The molecule has 0 aliphatic rings. The molecule has 2 aromatic heterocycles. The highest BCUT2D eigenvalue weighted by molar-refractivity contribution is 5.87. The summed E-state index contributed by atoms with van der Waals surface area (Å²) in [5, 5.41) is 4.28. The molecule has 0 spiro atoms. The molecule has 0 unspecified atom stereocenters. The Morgan fingerprint density at radius 3 is 2.88 bits per heavy atom. The summed E-state index contributed by atoms with van der Waals surface area (Å²) in [6.07, 6.45) is 3.73. The van der Waals surface area contributed by atoms with Gasteiger partial charge in [0.15, 0.2) is 0 Å². The van der Waals surface area contributed by atoms with Gasteiger partial charge in [0.05, 0.1) is 18.8 Å². The van der Waals surface area contributed by atoms with E-state index in [2.05, 4.69) is 5.10 Å². The van der Waals surface area contributed by atoms with Crippen molar-refractivity contribution in [3.05, 3.63) is 42.0 Å². The molecule has 0 aliphatic heterocycles. The summed E-state index contributed by atoms with van der Waals surface area (Å²) < 4.78 is 8.56. The van der Waals surface area contributed by atoms with Gasteiger partial charge in [-0.25, -0.2) is 4.79 Å². The number of carbonyl (C=O) groups is 1. The molecule has 0 aromatic carbocycles. The van der Waals surface area contributed by atoms with Gasteiger partial charge in [0.1, 0.15) is 5.69 Å². The summed E-state index contributed by atoms with van der Waals surface area (Å²) >= 11 is 0. The van der Waals surface area contributed by atoms with Gasteiger partial charge in [-0.2, -0.15) is 5.10 Å². The number of hydrogen-bond acceptors (Lipinski definition) is 3. The van der Waals surface area contributed by atoms with E-state index in [1.807, 2.05) is 36.1 Å². The van der Waals surface area contributed by atoms with Gasteiger partial charge in [-0.05, 0) is 25.1 Å². The number of aryl methyl sites for hydroxylation is 1. The zero-order valence-corrected chi connectivity index (χ0v) is 9.96. The van der Waals surface area contributed by atoms with Crippen molar-refractivity contribution in [2.45, 2.75) is 13.5 Å². The van der Waals surface area contributed by atoms with E-state index >= 15 is 0 Å². The van der Waals surface area contributed by atoms with Crippen molar-refractivity contribution < 1.29 is 9.53 Å². The molecule has 2 aromatic rings. The van der Waals surface area contributed by atoms with Crippen LogP contribution in [0.3, 0.4) is 0 Å². The minimum atomic E-state index is -0.298. The molecule has 0 atom stereocenters. The highest BCUT2D eigenvalue weighted by Crippen LogP contribution is 2.07. The van der Waals surface area contributed by atoms with Crippen LogP contribution in [0.4, 0.5) is 0 Å². The van der Waals surface area contributed by atoms with Gasteiger partial charge in [-0.3, -0.25) is 4.68 Å². The number of hydrogen-bond donors (Lipinski definition) is 0. The SMILES string of the molecule is CCOC(=O)c1cccn1Cc1ccn(C)n1. The van der Waals surface area contributed by atoms with Crippen LogP contribution in [-0.4, -0.2) is 26.9 Å². The van der Waals surface area contributed by atoms with Crippen molar-refractivity contribution in [1.29, 1.82) is 0 Å². The molecule has 90 valence electrons. The van der Waals surface area contributed by atoms with E-state index in [0.717, 1.165) is 5.69 Å². The lowest BCUT2D eigenvalue weighted by Gasteiger charge is -2.06. The lowest BCUT2D eigenvalue weighted by atomic mass is 10.4. The maximum Gasteiger partial charge on any atom is 0.354 e. The van der Waals surface area contributed by atoms with Crippen LogP contribution in [0.2, 0.25) is 0 Å². The molecular formula is C12H15N3O2. The Hall–Kier alpha value is -2.04. The molecule has 0 saturated carbocycles. The Labute approximate surface area is 99.6 Å². The van der Waals surface area contributed by atoms with Crippen LogP contribution < -0.4 is 0 Å². The van der Waals surface area contributed by atoms with Crippen LogP contribution in [0.5, 0.6) is 0 Å². The van der Waals surface area contributed by atoms with Gasteiger partial charge >= 0.3 is 5.97 Å². The van der Waals surface area contributed by atoms with E-state index < -0.39 is 0 Å². The smallest absolute Gasteiger partial charge is 0.354 e. The van der Waals surface area contributed by atoms with Crippen molar-refractivity contribution in [1.82, 2.24) is 14.3 Å². The van der Waals surface area contributed by atoms with Gasteiger partial charge in [-0.1, -0.05) is 0 Å². The lowest BCUT2D eigenvalue weighted by Crippen LogP contribution is -2.12. The largest absolute Gasteiger partial charge is 0.461 e. The summed E-state index contributed by atoms with van der Waals surface area (Å²) in [6.45, 7) is 2.75. The Bertz CT molecular complexity index is 513. The first-order valence-corrected chi connectivity index (χ1v) is 5.51. The molecule has 2 heterocycles. The first-order chi connectivity index (χ1) is 8.20. The highest BCUT2D eigenvalue weighted by Gasteiger charge is 2.12. The summed E-state index contributed by atoms with van der Waals surface area (Å²) in [5.74, 6) is -0.298. The summed E-state index contributed by atoms with van der Waals surface area (Å²) in [6, 6.07) is 5.51. The molecule has 0 amide bonds. The Morgan fingerprint density at radius 1 is 1.41 bits per heavy atom. The van der Waals surface area contributed by atoms with Crippen molar-refractivity contribution in [3.8, 4) is 0 Å². The molecule has 0 bridgehead atoms. The third-order valence-corrected chi connectivity index (χ3v) is 2.42. The third kappa shape index (κ3) is 2.55. The Kier molecular flexibility index (Phi) is 3.27. The van der Waals surface area contributed by atoms with Crippen LogP contribution >= 0.6 is 0 Å². The summed E-state index contributed by atoms with van der Waals surface area (Å²) in [7, 11) is 1.87. The van der Waals surface area contributed by atoms with Crippen molar-refractivity contribution >= 4 is 5.97 Å². The van der Waals surface area contributed by atoms with E-state index in [9.17, 15) is 4.79 Å². The summed E-state index contributed by atoms with van der Waals surface area (Å²) in [5.41, 5.74) is 1.46. The monoisotopic (exact) mass is 233 g/mol. The molecule has 0 radical (unpaired) electrons. The van der Waals surface area contributed by atoms with Gasteiger partial charge in [0, 0.05) is 19.4 Å². The van der Waals surface area contributed by atoms with Gasteiger partial charge in [0.2, 0.25) is 0 Å². The molecule has 0 fully saturated rings. The van der Waals surface area contributed by atoms with Gasteiger partial charge in [-0.15, -0.1) is 0 Å². The fraction of sp³-hybridized carbons (Fsp3) is 0.333. The van der Waals surface area contributed by atoms with Crippen LogP contribution in [-0.2, 0) is 18.3 Å². The van der Waals surface area contributed by atoms with E-state index in [1.165, 1.54) is 0 Å². The first-order valence-electron chi connectivity index (χ1n) is 5.51. The Morgan fingerprint density at radius 2 is 2.24 bits per heavy atom. The number of esters is 1. The van der Waals surface area contributed by atoms with Gasteiger partial charge < -0.3 is 9.30 Å². The van der Waals surface area contributed by atoms with Crippen molar-refractivity contribution in [2.24, 2.45) is 7.05 Å². The number of nitrogens with zero attached hydrogens (tertiary/aromatic N) is 3. The molecule has 5 nitrogen and oxygen atoms in total. The zero-order chi connectivity index (χ0) is 12.3. The molecule has 17 heavy (non-hydrogen) atoms. The number of rotatable bonds is 4. The molecule has 0 aliphatic carbocycles. The Balaban J connectivity index is 2.16. The number of aromatic nitrogens is 3. The first kappa shape index (κ1) is 11.4. The average Bonchev–Trinajstić information content (AvgIpc) is 2.89. The number of carbonyl (C=O) groups excluding carboxylic acids is 1. The number of ether oxygens (including phenoxy) is 1. The summed E-state index contributed by atoms with van der Waals surface area (Å²) in [4.78, 5) is 11.7. The molecular weight excluding hydrogens is 218 g/mol. The second kappa shape index (κ2) is 4.86. The van der Waals surface area contributed by atoms with E-state index in [0.29, 0.717) is 18.8 Å². The molecule has 5 heteroatoms. The van der Waals surface area contributed by atoms with Crippen LogP contribution in [0.25, 0.3) is 0 Å². The fourth-order valence-electron chi connectivity index (χ4n) is 1.66. The lowest BCUT2D eigenvalue weighted by molar-refractivity contribution is 0.0514. The standard InChI is InChI=1S/C12H15N3O2/c1-3-17-12(16)11-5-4-7-15(11)9-10-6-8-14(2)13-10/h4-8H,3,9H2,1-2H3. The second-order valence-corrected chi connectivity index (χ2v) is 3.72. The highest BCUT2D eigenvalue weighted by atomic mass is 16.5. The quantitative estimate of drug-likeness (QED) is 0.751. The predicted molar refractivity (Wildman–Crippen MR) is 62.7 cm³/mol. The van der Waals surface area contributed by atoms with E-state index in [-0.39, 0.29) is 5.97 Å². The van der Waals surface area contributed by atoms with Crippen molar-refractivity contribution in [2.75, 3.05) is 6.61 Å². The van der Waals surface area contributed by atoms with Crippen LogP contribution in [0.1, 0.15) is 23.1 Å². The minimum Gasteiger partial charge on any atom is -0.461 e. The third-order valence-electron chi connectivity index (χ3n) is 2.42. The van der Waals surface area contributed by atoms with E-state index in [4.69, 9.17) is 4.74 Å². The minimum absolute atomic E-state index is 0.298. The average molecular weight is 233 g/mol. The normalized spacial score (nSPS) is 10.5. The van der Waals surface area contributed by atoms with Gasteiger partial charge in [0.25, 0.3) is 0 Å². The predicted octanol–water partition coefficient (Wildman–Crippen LogP) is 1.45. The maximum absolute atomic E-state index is 11.7. The van der Waals surface area contributed by atoms with Crippen LogP contribution in [0, 0.1) is 0 Å². The van der Waals surface area contributed by atoms with E-state index in [1.54, 1.807) is 17.7 Å². The van der Waals surface area contributed by atoms with Crippen LogP contribution in [0.15, 0.2) is 30.6 Å². The molecule has 0 saturated heterocycles. The topological polar surface area (TPSA) is 49.0 Å². The zero-order valence-electron chi connectivity index (χ0n) is 9.96. The molecule has 2 rings (SSSR count). The fourth-order valence-corrected chi connectivity index (χ4v) is 1.66. The maximum atomic E-state index is 11.7.